The molecule has 0 bridgehead atoms. The Bertz CT molecular complexity index is 1300. The Morgan fingerprint density at radius 1 is 1.03 bits per heavy atom. The number of benzene rings is 2. The Balaban J connectivity index is 1.74. The molecule has 0 radical (unpaired) electrons. The third-order valence-corrected chi connectivity index (χ3v) is 6.09. The van der Waals surface area contributed by atoms with E-state index in [1.165, 1.54) is 10.2 Å². The van der Waals surface area contributed by atoms with Gasteiger partial charge in [0.1, 0.15) is 11.9 Å². The van der Waals surface area contributed by atoms with Gasteiger partial charge < -0.3 is 14.6 Å². The number of carboxylic acids is 1. The minimum Gasteiger partial charge on any atom is -0.490 e. The van der Waals surface area contributed by atoms with Crippen LogP contribution in [0.2, 0.25) is 0 Å². The average molecular weight is 524 g/mol. The molecule has 0 aliphatic heterocycles. The maximum Gasteiger partial charge on any atom is 0.346 e. The van der Waals surface area contributed by atoms with Gasteiger partial charge in [0, 0.05) is 6.54 Å². The Morgan fingerprint density at radius 3 is 2.21 bits per heavy atom. The van der Waals surface area contributed by atoms with Crippen LogP contribution in [-0.2, 0) is 28.0 Å². The fraction of sp³-hybridized carbons (Fsp3) is 0.448. The summed E-state index contributed by atoms with van der Waals surface area (Å²) in [5.74, 6) is -0.673. The van der Waals surface area contributed by atoms with E-state index in [2.05, 4.69) is 38.0 Å². The molecule has 2 aromatic carbocycles. The molecule has 3 aromatic rings. The Labute approximate surface area is 223 Å². The second-order valence-electron chi connectivity index (χ2n) is 10.5. The van der Waals surface area contributed by atoms with Crippen molar-refractivity contribution in [3.63, 3.8) is 0 Å². The summed E-state index contributed by atoms with van der Waals surface area (Å²) < 4.78 is 14.2. The van der Waals surface area contributed by atoms with E-state index in [1.54, 1.807) is 42.7 Å². The molecule has 2 atom stereocenters. The zero-order valence-corrected chi connectivity index (χ0v) is 22.9. The molecule has 2 unspecified atom stereocenters. The van der Waals surface area contributed by atoms with Gasteiger partial charge in [-0.3, -0.25) is 9.36 Å². The van der Waals surface area contributed by atoms with Crippen LogP contribution in [0.1, 0.15) is 87.8 Å². The molecule has 0 amide bonds. The van der Waals surface area contributed by atoms with Crippen molar-refractivity contribution in [1.29, 1.82) is 0 Å². The summed E-state index contributed by atoms with van der Waals surface area (Å²) >= 11 is 0. The van der Waals surface area contributed by atoms with Crippen LogP contribution in [-0.4, -0.2) is 37.5 Å². The molecule has 1 aromatic heterocycles. The maximum absolute atomic E-state index is 13.1. The fourth-order valence-electron chi connectivity index (χ4n) is 4.05. The number of rotatable bonds is 11. The molecule has 9 heteroatoms. The predicted octanol–water partition coefficient (Wildman–Crippen LogP) is 4.96. The lowest BCUT2D eigenvalue weighted by atomic mass is 9.87. The van der Waals surface area contributed by atoms with E-state index in [-0.39, 0.29) is 17.5 Å². The van der Waals surface area contributed by atoms with Gasteiger partial charge in [0.05, 0.1) is 18.5 Å². The normalized spacial score (nSPS) is 13.1. The Hall–Kier alpha value is -3.88. The van der Waals surface area contributed by atoms with Crippen molar-refractivity contribution in [1.82, 2.24) is 14.3 Å². The van der Waals surface area contributed by atoms with Gasteiger partial charge in [-0.2, -0.15) is 5.10 Å². The number of carbonyl (C=O) groups is 2. The smallest absolute Gasteiger partial charge is 0.346 e. The highest BCUT2D eigenvalue weighted by molar-refractivity contribution is 5.89. The molecular formula is C29H37N3O6. The van der Waals surface area contributed by atoms with Gasteiger partial charge in [0.15, 0.2) is 11.9 Å². The summed E-state index contributed by atoms with van der Waals surface area (Å²) in [5.41, 5.74) is 2.26. The van der Waals surface area contributed by atoms with Gasteiger partial charge in [-0.25, -0.2) is 14.3 Å². The lowest BCUT2D eigenvalue weighted by molar-refractivity contribution is -0.138. The average Bonchev–Trinajstić information content (AvgIpc) is 3.14. The van der Waals surface area contributed by atoms with Crippen molar-refractivity contribution < 1.29 is 24.2 Å². The summed E-state index contributed by atoms with van der Waals surface area (Å²) in [6, 6.07) is 14.4. The molecule has 3 rings (SSSR count). The van der Waals surface area contributed by atoms with Crippen molar-refractivity contribution in [2.75, 3.05) is 0 Å². The number of hydrogen-bond acceptors (Lipinski definition) is 6. The zero-order chi connectivity index (χ0) is 28.0. The first-order chi connectivity index (χ1) is 17.9. The van der Waals surface area contributed by atoms with E-state index in [9.17, 15) is 14.4 Å². The monoisotopic (exact) mass is 523 g/mol. The second kappa shape index (κ2) is 12.1. The molecule has 1 N–H and O–H groups in total. The summed E-state index contributed by atoms with van der Waals surface area (Å²) in [6.07, 6.45) is -0.665. The van der Waals surface area contributed by atoms with E-state index in [1.807, 2.05) is 19.1 Å². The summed E-state index contributed by atoms with van der Waals surface area (Å²) in [4.78, 5) is 36.8. The Morgan fingerprint density at radius 2 is 1.66 bits per heavy atom. The first-order valence-electron chi connectivity index (χ1n) is 12.9. The van der Waals surface area contributed by atoms with Crippen LogP contribution in [0.25, 0.3) is 0 Å². The van der Waals surface area contributed by atoms with E-state index in [0.717, 1.165) is 12.0 Å². The van der Waals surface area contributed by atoms with Crippen molar-refractivity contribution in [2.24, 2.45) is 0 Å². The van der Waals surface area contributed by atoms with E-state index in [4.69, 9.17) is 14.6 Å². The standard InChI is InChI=1S/C29H37N3O6/c1-7-16-31-26(30-32(28(31)36)18-21-8-12-23(13-9-21)29(4,5)6)20(3)38-27(35)22-10-14-24(15-11-22)37-19(2)17-25(33)34/h8-15,19-20H,7,16-18H2,1-6H3,(H,33,34). The van der Waals surface area contributed by atoms with Gasteiger partial charge in [-0.1, -0.05) is 52.0 Å². The third-order valence-electron chi connectivity index (χ3n) is 6.09. The number of carboxylic acid groups (broad SMARTS) is 1. The van der Waals surface area contributed by atoms with E-state index in [0.29, 0.717) is 30.2 Å². The largest absolute Gasteiger partial charge is 0.490 e. The molecule has 0 fully saturated rings. The quantitative estimate of drug-likeness (QED) is 0.354. The predicted molar refractivity (Wildman–Crippen MR) is 144 cm³/mol. The number of esters is 1. The third kappa shape index (κ3) is 7.34. The van der Waals surface area contributed by atoms with Crippen LogP contribution in [0.5, 0.6) is 5.75 Å². The number of ether oxygens (including phenoxy) is 2. The van der Waals surface area contributed by atoms with Crippen LogP contribution in [0.15, 0.2) is 53.3 Å². The molecule has 0 saturated carbocycles. The van der Waals surface area contributed by atoms with E-state index >= 15 is 0 Å². The highest BCUT2D eigenvalue weighted by Crippen LogP contribution is 2.23. The minimum atomic E-state index is -0.950. The molecule has 0 aliphatic rings. The Kier molecular flexibility index (Phi) is 9.14. The van der Waals surface area contributed by atoms with Crippen LogP contribution in [0.4, 0.5) is 0 Å². The van der Waals surface area contributed by atoms with Gasteiger partial charge in [-0.15, -0.1) is 0 Å². The molecule has 0 saturated heterocycles. The van der Waals surface area contributed by atoms with Gasteiger partial charge >= 0.3 is 17.6 Å². The van der Waals surface area contributed by atoms with Crippen molar-refractivity contribution in [3.8, 4) is 5.75 Å². The van der Waals surface area contributed by atoms with Gasteiger partial charge in [0.25, 0.3) is 0 Å². The number of nitrogens with zero attached hydrogens (tertiary/aromatic N) is 3. The molecule has 9 nitrogen and oxygen atoms in total. The fourth-order valence-corrected chi connectivity index (χ4v) is 4.05. The minimum absolute atomic E-state index is 0.0384. The molecule has 1 heterocycles. The molecule has 204 valence electrons. The van der Waals surface area contributed by atoms with Crippen molar-refractivity contribution in [2.45, 2.75) is 85.1 Å². The zero-order valence-electron chi connectivity index (χ0n) is 22.9. The highest BCUT2D eigenvalue weighted by atomic mass is 16.5. The number of aromatic nitrogens is 3. The van der Waals surface area contributed by atoms with Gasteiger partial charge in [0.2, 0.25) is 0 Å². The number of carbonyl (C=O) groups excluding carboxylic acids is 1. The molecule has 38 heavy (non-hydrogen) atoms. The summed E-state index contributed by atoms with van der Waals surface area (Å²) in [7, 11) is 0. The molecule has 0 spiro atoms. The molecular weight excluding hydrogens is 486 g/mol. The second-order valence-corrected chi connectivity index (χ2v) is 10.5. The first kappa shape index (κ1) is 28.7. The number of hydrogen-bond donors (Lipinski definition) is 1. The lowest BCUT2D eigenvalue weighted by Crippen LogP contribution is -2.26. The number of aliphatic carboxylic acids is 1. The molecule has 0 aliphatic carbocycles. The first-order valence-corrected chi connectivity index (χ1v) is 12.9. The topological polar surface area (TPSA) is 113 Å². The summed E-state index contributed by atoms with van der Waals surface area (Å²) in [6.45, 7) is 12.6. The summed E-state index contributed by atoms with van der Waals surface area (Å²) in [5, 5.41) is 13.4. The maximum atomic E-state index is 13.1. The van der Waals surface area contributed by atoms with Crippen LogP contribution in [0.3, 0.4) is 0 Å². The van der Waals surface area contributed by atoms with Gasteiger partial charge in [-0.05, 0) is 61.1 Å². The SMILES string of the molecule is CCCn1c(C(C)OC(=O)c2ccc(OC(C)CC(=O)O)cc2)nn(Cc2ccc(C(C)(C)C)cc2)c1=O. The van der Waals surface area contributed by atoms with Crippen molar-refractivity contribution in [3.05, 3.63) is 81.5 Å². The van der Waals surface area contributed by atoms with Crippen LogP contribution in [0, 0.1) is 0 Å². The van der Waals surface area contributed by atoms with Crippen LogP contribution >= 0.6 is 0 Å². The van der Waals surface area contributed by atoms with Crippen LogP contribution < -0.4 is 10.4 Å². The lowest BCUT2D eigenvalue weighted by Gasteiger charge is -2.19. The highest BCUT2D eigenvalue weighted by Gasteiger charge is 2.23. The van der Waals surface area contributed by atoms with E-state index < -0.39 is 24.1 Å². The van der Waals surface area contributed by atoms with Crippen molar-refractivity contribution >= 4 is 11.9 Å².